The zero-order chi connectivity index (χ0) is 15.1. The molecule has 2 heterocycles. The maximum absolute atomic E-state index is 12.5. The van der Waals surface area contributed by atoms with E-state index in [1.165, 1.54) is 19.3 Å². The summed E-state index contributed by atoms with van der Waals surface area (Å²) in [6.45, 7) is 0. The maximum atomic E-state index is 12.5. The summed E-state index contributed by atoms with van der Waals surface area (Å²) < 4.78 is 3.76. The van der Waals surface area contributed by atoms with Crippen LogP contribution in [0.25, 0.3) is 0 Å². The van der Waals surface area contributed by atoms with E-state index in [4.69, 9.17) is 0 Å². The first-order valence-electron chi connectivity index (χ1n) is 7.93. The van der Waals surface area contributed by atoms with Crippen LogP contribution in [0, 0.1) is 5.92 Å². The second-order valence-corrected chi connectivity index (χ2v) is 6.33. The van der Waals surface area contributed by atoms with E-state index in [1.54, 1.807) is 10.9 Å². The number of carbonyl (C=O) groups is 1. The number of aryl methyl sites for hydroxylation is 2. The molecule has 2 aliphatic carbocycles. The van der Waals surface area contributed by atoms with Crippen LogP contribution in [-0.2, 0) is 24.7 Å². The Hall–Kier alpha value is -2.18. The van der Waals surface area contributed by atoms with Gasteiger partial charge in [-0.3, -0.25) is 14.2 Å². The highest BCUT2D eigenvalue weighted by molar-refractivity contribution is 5.92. The molecule has 1 unspecified atom stereocenters. The van der Waals surface area contributed by atoms with Gasteiger partial charge in [0.05, 0.1) is 29.3 Å². The largest absolute Gasteiger partial charge is 0.323 e. The number of amides is 1. The number of anilines is 1. The van der Waals surface area contributed by atoms with E-state index < -0.39 is 0 Å². The molecule has 1 fully saturated rings. The van der Waals surface area contributed by atoms with Crippen LogP contribution in [-0.4, -0.2) is 30.7 Å². The Bertz CT molecular complexity index is 699. The molecule has 116 valence electrons. The van der Waals surface area contributed by atoms with E-state index in [0.717, 1.165) is 29.9 Å². The van der Waals surface area contributed by atoms with Crippen molar-refractivity contribution >= 4 is 11.6 Å². The van der Waals surface area contributed by atoms with Crippen molar-refractivity contribution in [3.05, 3.63) is 23.8 Å². The molecule has 0 bridgehead atoms. The highest BCUT2D eigenvalue weighted by atomic mass is 16.1. The summed E-state index contributed by atoms with van der Waals surface area (Å²) >= 11 is 0. The summed E-state index contributed by atoms with van der Waals surface area (Å²) in [5, 5.41) is 15.5. The van der Waals surface area contributed by atoms with Gasteiger partial charge in [0.25, 0.3) is 0 Å². The van der Waals surface area contributed by atoms with Crippen LogP contribution in [0.1, 0.15) is 43.1 Å². The molecule has 4 rings (SSSR count). The predicted molar refractivity (Wildman–Crippen MR) is 80.3 cm³/mol. The summed E-state index contributed by atoms with van der Waals surface area (Å²) in [5.74, 6) is 0.0526. The summed E-state index contributed by atoms with van der Waals surface area (Å²) in [5.41, 5.74) is 2.91. The van der Waals surface area contributed by atoms with Crippen LogP contribution < -0.4 is 5.32 Å². The van der Waals surface area contributed by atoms with Crippen molar-refractivity contribution in [1.82, 2.24) is 24.8 Å². The van der Waals surface area contributed by atoms with Gasteiger partial charge < -0.3 is 5.32 Å². The normalized spacial score (nSPS) is 21.2. The Morgan fingerprint density at radius 1 is 1.36 bits per heavy atom. The van der Waals surface area contributed by atoms with Crippen LogP contribution in [0.15, 0.2) is 12.4 Å². The minimum Gasteiger partial charge on any atom is -0.323 e. The predicted octanol–water partition coefficient (Wildman–Crippen LogP) is 1.48. The Kier molecular flexibility index (Phi) is 3.20. The maximum Gasteiger partial charge on any atom is 0.227 e. The van der Waals surface area contributed by atoms with Gasteiger partial charge in [0, 0.05) is 25.6 Å². The van der Waals surface area contributed by atoms with Gasteiger partial charge >= 0.3 is 0 Å². The number of rotatable bonds is 3. The first-order valence-corrected chi connectivity index (χ1v) is 7.93. The van der Waals surface area contributed by atoms with E-state index >= 15 is 0 Å². The molecular formula is C15H20N6O. The molecule has 0 aromatic carbocycles. The molecule has 1 saturated carbocycles. The molecule has 22 heavy (non-hydrogen) atoms. The average molecular weight is 300 g/mol. The zero-order valence-corrected chi connectivity index (χ0v) is 12.7. The summed E-state index contributed by atoms with van der Waals surface area (Å²) in [7, 11) is 1.88. The number of nitrogens with one attached hydrogen (secondary N) is 1. The molecule has 2 aliphatic rings. The molecule has 2 aromatic rings. The number of nitrogens with zero attached hydrogens (tertiary/aromatic N) is 5. The quantitative estimate of drug-likeness (QED) is 0.931. The van der Waals surface area contributed by atoms with Crippen LogP contribution in [0.3, 0.4) is 0 Å². The van der Waals surface area contributed by atoms with E-state index in [0.29, 0.717) is 12.5 Å². The molecule has 7 heteroatoms. The van der Waals surface area contributed by atoms with Gasteiger partial charge in [-0.1, -0.05) is 5.21 Å². The monoisotopic (exact) mass is 300 g/mol. The van der Waals surface area contributed by atoms with Gasteiger partial charge in [-0.2, -0.15) is 5.10 Å². The Balaban J connectivity index is 1.42. The lowest BCUT2D eigenvalue weighted by atomic mass is 9.89. The number of aromatic nitrogens is 5. The molecule has 1 N–H and O–H groups in total. The number of hydrogen-bond donors (Lipinski definition) is 1. The van der Waals surface area contributed by atoms with E-state index in [-0.39, 0.29) is 11.8 Å². The van der Waals surface area contributed by atoms with Gasteiger partial charge in [0.1, 0.15) is 0 Å². The van der Waals surface area contributed by atoms with Crippen LogP contribution >= 0.6 is 0 Å². The number of fused-ring (bicyclic) bond motifs is 1. The molecule has 7 nitrogen and oxygen atoms in total. The topological polar surface area (TPSA) is 77.6 Å². The third kappa shape index (κ3) is 2.30. The molecule has 0 spiro atoms. The zero-order valence-electron chi connectivity index (χ0n) is 12.7. The second kappa shape index (κ2) is 5.23. The standard InChI is InChI=1S/C15H20N6O/c1-20-14-7-10(5-6-13(14)18-19-20)15(22)17-11-8-16-21(9-11)12-3-2-4-12/h8-10,12H,2-7H2,1H3,(H,17,22). The molecule has 2 aromatic heterocycles. The van der Waals surface area contributed by atoms with Crippen LogP contribution in [0.4, 0.5) is 5.69 Å². The number of hydrogen-bond acceptors (Lipinski definition) is 4. The minimum atomic E-state index is -0.0169. The average Bonchev–Trinajstić information content (AvgIpc) is 3.05. The Labute approximate surface area is 128 Å². The van der Waals surface area contributed by atoms with Crippen molar-refractivity contribution in [3.63, 3.8) is 0 Å². The third-order valence-electron chi connectivity index (χ3n) is 4.88. The Morgan fingerprint density at radius 3 is 3.00 bits per heavy atom. The lowest BCUT2D eigenvalue weighted by molar-refractivity contribution is -0.120. The fraction of sp³-hybridized carbons (Fsp3) is 0.600. The molecule has 1 amide bonds. The van der Waals surface area contributed by atoms with Gasteiger partial charge in [0.2, 0.25) is 5.91 Å². The SMILES string of the molecule is Cn1nnc2c1CC(C(=O)Nc1cnn(C3CCC3)c1)CC2. The fourth-order valence-electron chi connectivity index (χ4n) is 3.23. The van der Waals surface area contributed by atoms with Crippen molar-refractivity contribution in [1.29, 1.82) is 0 Å². The molecule has 0 radical (unpaired) electrons. The molecular weight excluding hydrogens is 280 g/mol. The summed E-state index contributed by atoms with van der Waals surface area (Å²) in [4.78, 5) is 12.5. The van der Waals surface area contributed by atoms with Gasteiger partial charge in [-0.05, 0) is 32.1 Å². The fourth-order valence-corrected chi connectivity index (χ4v) is 3.23. The lowest BCUT2D eigenvalue weighted by Gasteiger charge is -2.25. The summed E-state index contributed by atoms with van der Waals surface area (Å²) in [6.07, 6.45) is 9.70. The van der Waals surface area contributed by atoms with Crippen LogP contribution in [0.5, 0.6) is 0 Å². The lowest BCUT2D eigenvalue weighted by Crippen LogP contribution is -2.28. The van der Waals surface area contributed by atoms with Crippen molar-refractivity contribution in [3.8, 4) is 0 Å². The van der Waals surface area contributed by atoms with Gasteiger partial charge in [-0.15, -0.1) is 5.10 Å². The highest BCUT2D eigenvalue weighted by Crippen LogP contribution is 2.31. The first kappa shape index (κ1) is 13.5. The van der Waals surface area contributed by atoms with Crippen LogP contribution in [0.2, 0.25) is 0 Å². The van der Waals surface area contributed by atoms with Gasteiger partial charge in [-0.25, -0.2) is 0 Å². The molecule has 0 saturated heterocycles. The summed E-state index contributed by atoms with van der Waals surface area (Å²) in [6, 6.07) is 0.517. The minimum absolute atomic E-state index is 0.0169. The van der Waals surface area contributed by atoms with Crippen molar-refractivity contribution in [2.45, 2.75) is 44.6 Å². The molecule has 0 aliphatic heterocycles. The smallest absolute Gasteiger partial charge is 0.227 e. The third-order valence-corrected chi connectivity index (χ3v) is 4.88. The highest BCUT2D eigenvalue weighted by Gasteiger charge is 2.28. The molecule has 1 atom stereocenters. The number of carbonyl (C=O) groups excluding carboxylic acids is 1. The Morgan fingerprint density at radius 2 is 2.23 bits per heavy atom. The van der Waals surface area contributed by atoms with E-state index in [9.17, 15) is 4.79 Å². The van der Waals surface area contributed by atoms with E-state index in [1.807, 2.05) is 17.9 Å². The van der Waals surface area contributed by atoms with Crippen molar-refractivity contribution in [2.75, 3.05) is 5.32 Å². The van der Waals surface area contributed by atoms with Crippen molar-refractivity contribution < 1.29 is 4.79 Å². The van der Waals surface area contributed by atoms with E-state index in [2.05, 4.69) is 20.7 Å². The van der Waals surface area contributed by atoms with Crippen molar-refractivity contribution in [2.24, 2.45) is 13.0 Å². The first-order chi connectivity index (χ1) is 10.7. The van der Waals surface area contributed by atoms with Gasteiger partial charge in [0.15, 0.2) is 0 Å². The second-order valence-electron chi connectivity index (χ2n) is 6.33.